The summed E-state index contributed by atoms with van der Waals surface area (Å²) in [5, 5.41) is 0. The molecule has 102 valence electrons. The zero-order chi connectivity index (χ0) is 14.0. The van der Waals surface area contributed by atoms with Gasteiger partial charge in [-0.05, 0) is 12.8 Å². The number of rotatable bonds is 4. The van der Waals surface area contributed by atoms with Gasteiger partial charge in [0.25, 0.3) is 0 Å². The fourth-order valence-electron chi connectivity index (χ4n) is 1.70. The van der Waals surface area contributed by atoms with Gasteiger partial charge in [0.2, 0.25) is 11.7 Å². The first kappa shape index (κ1) is 13.3. The molecule has 0 bridgehead atoms. The van der Waals surface area contributed by atoms with Gasteiger partial charge in [-0.2, -0.15) is 0 Å². The Morgan fingerprint density at radius 2 is 2.26 bits per heavy atom. The lowest BCUT2D eigenvalue weighted by Gasteiger charge is -2.02. The maximum atomic E-state index is 11.8. The summed E-state index contributed by atoms with van der Waals surface area (Å²) >= 11 is 0. The third kappa shape index (κ3) is 2.67. The maximum Gasteiger partial charge on any atom is 0.376 e. The summed E-state index contributed by atoms with van der Waals surface area (Å²) in [6.45, 7) is 5.95. The molecule has 2 heterocycles. The normalized spacial score (nSPS) is 11.0. The highest BCUT2D eigenvalue weighted by molar-refractivity contribution is 5.88. The van der Waals surface area contributed by atoms with E-state index < -0.39 is 5.97 Å². The molecular weight excluding hydrogens is 246 g/mol. The van der Waals surface area contributed by atoms with E-state index in [0.717, 1.165) is 0 Å². The average molecular weight is 263 g/mol. The van der Waals surface area contributed by atoms with Crippen LogP contribution in [0, 0.1) is 0 Å². The minimum absolute atomic E-state index is 0.0700. The first-order chi connectivity index (χ1) is 9.02. The smallest absolute Gasteiger partial charge is 0.376 e. The molecule has 6 nitrogen and oxygen atoms in total. The molecule has 2 aromatic rings. The standard InChI is InChI=1S/C13H17N3O3/c1-5-18-13(17)11-10(8(2)3)15-12(19-11)9-6-16(4)7-14-9/h6-8H,5H2,1-4H3. The number of esters is 1. The molecule has 2 aromatic heterocycles. The van der Waals surface area contributed by atoms with E-state index in [9.17, 15) is 4.79 Å². The molecule has 2 rings (SSSR count). The Kier molecular flexibility index (Phi) is 3.69. The van der Waals surface area contributed by atoms with E-state index in [0.29, 0.717) is 23.9 Å². The highest BCUT2D eigenvalue weighted by Crippen LogP contribution is 2.26. The van der Waals surface area contributed by atoms with Crippen molar-refractivity contribution in [2.45, 2.75) is 26.7 Å². The van der Waals surface area contributed by atoms with Crippen LogP contribution in [0.25, 0.3) is 11.6 Å². The molecule has 0 spiro atoms. The molecule has 0 aliphatic heterocycles. The van der Waals surface area contributed by atoms with Crippen LogP contribution in [0.2, 0.25) is 0 Å². The Morgan fingerprint density at radius 3 is 2.79 bits per heavy atom. The second-order valence-corrected chi connectivity index (χ2v) is 4.53. The number of oxazole rings is 1. The van der Waals surface area contributed by atoms with Crippen molar-refractivity contribution in [3.05, 3.63) is 24.0 Å². The van der Waals surface area contributed by atoms with Crippen LogP contribution in [0.1, 0.15) is 42.9 Å². The Balaban J connectivity index is 2.43. The number of ether oxygens (including phenoxy) is 1. The molecule has 6 heteroatoms. The number of carbonyl (C=O) groups is 1. The van der Waals surface area contributed by atoms with Crippen LogP contribution < -0.4 is 0 Å². The molecule has 0 fully saturated rings. The molecule has 0 unspecified atom stereocenters. The van der Waals surface area contributed by atoms with Crippen molar-refractivity contribution in [2.24, 2.45) is 7.05 Å². The predicted octanol–water partition coefficient (Wildman–Crippen LogP) is 2.38. The molecule has 0 atom stereocenters. The number of aromatic nitrogens is 3. The first-order valence-electron chi connectivity index (χ1n) is 6.19. The van der Waals surface area contributed by atoms with E-state index in [1.165, 1.54) is 0 Å². The van der Waals surface area contributed by atoms with Gasteiger partial charge in [0.05, 0.1) is 18.6 Å². The van der Waals surface area contributed by atoms with Gasteiger partial charge >= 0.3 is 5.97 Å². The molecule has 0 radical (unpaired) electrons. The highest BCUT2D eigenvalue weighted by atomic mass is 16.5. The van der Waals surface area contributed by atoms with E-state index in [-0.39, 0.29) is 11.7 Å². The van der Waals surface area contributed by atoms with Crippen LogP contribution in [0.4, 0.5) is 0 Å². The van der Waals surface area contributed by atoms with Gasteiger partial charge in [0, 0.05) is 13.2 Å². The van der Waals surface area contributed by atoms with Crippen LogP contribution in [0.15, 0.2) is 16.9 Å². The summed E-state index contributed by atoms with van der Waals surface area (Å²) in [6.07, 6.45) is 3.43. The molecule has 0 amide bonds. The van der Waals surface area contributed by atoms with Crippen molar-refractivity contribution < 1.29 is 13.9 Å². The van der Waals surface area contributed by atoms with E-state index in [2.05, 4.69) is 9.97 Å². The topological polar surface area (TPSA) is 70.2 Å². The van der Waals surface area contributed by atoms with Gasteiger partial charge in [0.1, 0.15) is 5.69 Å². The van der Waals surface area contributed by atoms with E-state index >= 15 is 0 Å². The van der Waals surface area contributed by atoms with E-state index in [1.54, 1.807) is 24.0 Å². The summed E-state index contributed by atoms with van der Waals surface area (Å²) in [4.78, 5) is 20.4. The van der Waals surface area contributed by atoms with Crippen LogP contribution in [-0.2, 0) is 11.8 Å². The average Bonchev–Trinajstić information content (AvgIpc) is 2.94. The van der Waals surface area contributed by atoms with Crippen molar-refractivity contribution in [1.29, 1.82) is 0 Å². The largest absolute Gasteiger partial charge is 0.460 e. The molecule has 0 N–H and O–H groups in total. The Labute approximate surface area is 111 Å². The third-order valence-corrected chi connectivity index (χ3v) is 2.59. The second kappa shape index (κ2) is 5.26. The lowest BCUT2D eigenvalue weighted by molar-refractivity contribution is 0.0488. The van der Waals surface area contributed by atoms with Crippen molar-refractivity contribution in [2.75, 3.05) is 6.61 Å². The number of nitrogens with zero attached hydrogens (tertiary/aromatic N) is 3. The third-order valence-electron chi connectivity index (χ3n) is 2.59. The van der Waals surface area contributed by atoms with Crippen molar-refractivity contribution in [3.8, 4) is 11.6 Å². The Hall–Kier alpha value is -2.11. The Morgan fingerprint density at radius 1 is 1.53 bits per heavy atom. The number of carbonyl (C=O) groups excluding carboxylic acids is 1. The molecule has 0 saturated heterocycles. The van der Waals surface area contributed by atoms with Crippen molar-refractivity contribution in [3.63, 3.8) is 0 Å². The van der Waals surface area contributed by atoms with Crippen LogP contribution in [0.3, 0.4) is 0 Å². The molecular formula is C13H17N3O3. The minimum atomic E-state index is -0.485. The highest BCUT2D eigenvalue weighted by Gasteiger charge is 2.24. The van der Waals surface area contributed by atoms with Gasteiger partial charge in [-0.1, -0.05) is 13.8 Å². The number of imidazole rings is 1. The maximum absolute atomic E-state index is 11.8. The van der Waals surface area contributed by atoms with E-state index in [4.69, 9.17) is 9.15 Å². The molecule has 19 heavy (non-hydrogen) atoms. The molecule has 0 aliphatic rings. The lowest BCUT2D eigenvalue weighted by atomic mass is 10.1. The van der Waals surface area contributed by atoms with Gasteiger partial charge in [-0.15, -0.1) is 0 Å². The summed E-state index contributed by atoms with van der Waals surface area (Å²) in [5.74, 6) is 0.0892. The molecule has 0 saturated carbocycles. The van der Waals surface area contributed by atoms with Gasteiger partial charge in [-0.3, -0.25) is 0 Å². The zero-order valence-corrected chi connectivity index (χ0v) is 11.5. The monoisotopic (exact) mass is 263 g/mol. The van der Waals surface area contributed by atoms with Crippen molar-refractivity contribution in [1.82, 2.24) is 14.5 Å². The SMILES string of the molecule is CCOC(=O)c1oc(-c2cn(C)cn2)nc1C(C)C. The fourth-order valence-corrected chi connectivity index (χ4v) is 1.70. The fraction of sp³-hybridized carbons (Fsp3) is 0.462. The van der Waals surface area contributed by atoms with Gasteiger partial charge in [0.15, 0.2) is 0 Å². The lowest BCUT2D eigenvalue weighted by Crippen LogP contribution is -2.07. The van der Waals surface area contributed by atoms with Gasteiger partial charge < -0.3 is 13.7 Å². The zero-order valence-electron chi connectivity index (χ0n) is 11.5. The Bertz CT molecular complexity index is 584. The summed E-state index contributed by atoms with van der Waals surface area (Å²) < 4.78 is 12.3. The van der Waals surface area contributed by atoms with Crippen LogP contribution in [-0.4, -0.2) is 27.1 Å². The number of hydrogen-bond donors (Lipinski definition) is 0. The minimum Gasteiger partial charge on any atom is -0.460 e. The number of hydrogen-bond acceptors (Lipinski definition) is 5. The molecule has 0 aliphatic carbocycles. The van der Waals surface area contributed by atoms with Gasteiger partial charge in [-0.25, -0.2) is 14.8 Å². The number of aryl methyl sites for hydroxylation is 1. The summed E-state index contributed by atoms with van der Waals surface area (Å²) in [5.41, 5.74) is 1.19. The molecule has 0 aromatic carbocycles. The van der Waals surface area contributed by atoms with Crippen LogP contribution in [0.5, 0.6) is 0 Å². The second-order valence-electron chi connectivity index (χ2n) is 4.53. The predicted molar refractivity (Wildman–Crippen MR) is 68.8 cm³/mol. The quantitative estimate of drug-likeness (QED) is 0.792. The van der Waals surface area contributed by atoms with Crippen LogP contribution >= 0.6 is 0 Å². The summed E-state index contributed by atoms with van der Waals surface area (Å²) in [7, 11) is 1.86. The van der Waals surface area contributed by atoms with E-state index in [1.807, 2.05) is 20.9 Å². The summed E-state index contributed by atoms with van der Waals surface area (Å²) in [6, 6.07) is 0. The first-order valence-corrected chi connectivity index (χ1v) is 6.19. The van der Waals surface area contributed by atoms with Crippen molar-refractivity contribution >= 4 is 5.97 Å².